The van der Waals surface area contributed by atoms with Gasteiger partial charge in [-0.2, -0.15) is 9.61 Å². The minimum Gasteiger partial charge on any atom is -0.399 e. The zero-order valence-corrected chi connectivity index (χ0v) is 15.0. The Bertz CT molecular complexity index is 1070. The van der Waals surface area contributed by atoms with E-state index in [2.05, 4.69) is 10.4 Å². The van der Waals surface area contributed by atoms with Gasteiger partial charge >= 0.3 is 0 Å². The van der Waals surface area contributed by atoms with E-state index in [9.17, 15) is 0 Å². The maximum Gasteiger partial charge on any atom is 0.160 e. The van der Waals surface area contributed by atoms with Crippen molar-refractivity contribution in [3.05, 3.63) is 76.9 Å². The van der Waals surface area contributed by atoms with Crippen LogP contribution in [0.15, 0.2) is 60.8 Å². The summed E-state index contributed by atoms with van der Waals surface area (Å²) in [6, 6.07) is 17.5. The van der Waals surface area contributed by atoms with Crippen LogP contribution in [-0.2, 0) is 6.54 Å². The number of fused-ring (bicyclic) bond motifs is 1. The Labute approximate surface area is 156 Å². The first-order valence-corrected chi connectivity index (χ1v) is 8.68. The lowest BCUT2D eigenvalue weighted by atomic mass is 10.1. The summed E-state index contributed by atoms with van der Waals surface area (Å²) in [7, 11) is 0. The molecule has 0 saturated carbocycles. The first-order chi connectivity index (χ1) is 12.6. The molecule has 5 nitrogen and oxygen atoms in total. The zero-order chi connectivity index (χ0) is 18.1. The molecule has 2 heterocycles. The molecule has 4 rings (SSSR count). The van der Waals surface area contributed by atoms with Gasteiger partial charge in [0.1, 0.15) is 5.82 Å². The first-order valence-electron chi connectivity index (χ1n) is 8.30. The number of aromatic nitrogens is 3. The van der Waals surface area contributed by atoms with E-state index in [1.807, 2.05) is 72.2 Å². The second kappa shape index (κ2) is 6.69. The highest BCUT2D eigenvalue weighted by molar-refractivity contribution is 6.33. The zero-order valence-electron chi connectivity index (χ0n) is 14.3. The van der Waals surface area contributed by atoms with Crippen LogP contribution in [-0.4, -0.2) is 14.6 Å². The van der Waals surface area contributed by atoms with Crippen LogP contribution in [0.4, 0.5) is 11.5 Å². The summed E-state index contributed by atoms with van der Waals surface area (Å²) in [6.45, 7) is 2.65. The van der Waals surface area contributed by atoms with E-state index in [1.54, 1.807) is 0 Å². The molecule has 0 radical (unpaired) electrons. The molecular formula is C20H18ClN5. The molecule has 0 fully saturated rings. The topological polar surface area (TPSA) is 68.2 Å². The number of nitrogens with two attached hydrogens (primary N) is 1. The van der Waals surface area contributed by atoms with Crippen LogP contribution in [0.1, 0.15) is 11.1 Å². The number of anilines is 2. The second-order valence-corrected chi connectivity index (χ2v) is 6.57. The minimum atomic E-state index is 0.653. The van der Waals surface area contributed by atoms with E-state index in [0.29, 0.717) is 11.6 Å². The normalized spacial score (nSPS) is 11.0. The lowest BCUT2D eigenvalue weighted by Crippen LogP contribution is -2.07. The summed E-state index contributed by atoms with van der Waals surface area (Å²) in [5.74, 6) is 0.856. The molecule has 0 unspecified atom stereocenters. The molecule has 4 aromatic rings. The average molecular weight is 364 g/mol. The lowest BCUT2D eigenvalue weighted by Gasteiger charge is -2.12. The minimum absolute atomic E-state index is 0.653. The number of nitrogen functional groups attached to an aromatic ring is 1. The van der Waals surface area contributed by atoms with Crippen molar-refractivity contribution < 1.29 is 0 Å². The first kappa shape index (κ1) is 16.4. The molecule has 6 heteroatoms. The quantitative estimate of drug-likeness (QED) is 0.522. The summed E-state index contributed by atoms with van der Waals surface area (Å²) in [6.07, 6.45) is 1.81. The van der Waals surface area contributed by atoms with Gasteiger partial charge in [0, 0.05) is 34.4 Å². The summed E-state index contributed by atoms with van der Waals surface area (Å²) >= 11 is 6.37. The number of benzene rings is 2. The van der Waals surface area contributed by atoms with Gasteiger partial charge < -0.3 is 11.1 Å². The summed E-state index contributed by atoms with van der Waals surface area (Å²) in [5, 5.41) is 8.56. The number of nitrogens with one attached hydrogen (secondary N) is 1. The van der Waals surface area contributed by atoms with Crippen molar-refractivity contribution in [2.45, 2.75) is 13.5 Å². The Hall–Kier alpha value is -3.05. The van der Waals surface area contributed by atoms with Gasteiger partial charge in [0.2, 0.25) is 0 Å². The van der Waals surface area contributed by atoms with Crippen molar-refractivity contribution in [1.29, 1.82) is 0 Å². The van der Waals surface area contributed by atoms with Gasteiger partial charge in [0.15, 0.2) is 5.65 Å². The molecule has 0 aliphatic rings. The van der Waals surface area contributed by atoms with E-state index >= 15 is 0 Å². The van der Waals surface area contributed by atoms with Crippen LogP contribution < -0.4 is 11.1 Å². The third-order valence-corrected chi connectivity index (χ3v) is 4.58. The third kappa shape index (κ3) is 3.09. The number of aryl methyl sites for hydroxylation is 1. The maximum absolute atomic E-state index is 6.37. The van der Waals surface area contributed by atoms with Crippen molar-refractivity contribution in [2.75, 3.05) is 11.1 Å². The van der Waals surface area contributed by atoms with Crippen LogP contribution in [0.3, 0.4) is 0 Å². The monoisotopic (exact) mass is 363 g/mol. The lowest BCUT2D eigenvalue weighted by molar-refractivity contribution is 0.927. The fourth-order valence-electron chi connectivity index (χ4n) is 2.83. The van der Waals surface area contributed by atoms with Crippen molar-refractivity contribution in [3.8, 4) is 11.3 Å². The van der Waals surface area contributed by atoms with Crippen LogP contribution in [0, 0.1) is 6.92 Å². The highest BCUT2D eigenvalue weighted by atomic mass is 35.5. The second-order valence-electron chi connectivity index (χ2n) is 6.16. The molecule has 0 amide bonds. The Morgan fingerprint density at radius 1 is 1.12 bits per heavy atom. The van der Waals surface area contributed by atoms with Crippen molar-refractivity contribution >= 4 is 28.8 Å². The third-order valence-electron chi connectivity index (χ3n) is 4.25. The molecule has 2 aromatic heterocycles. The standard InChI is InChI=1S/C20H18ClN5/c1-13-11-24-26-19(23-12-14-6-8-15(22)9-7-14)10-18(25-20(13)26)16-4-2-3-5-17(16)21/h2-11,23H,12,22H2,1H3. The Morgan fingerprint density at radius 2 is 1.88 bits per heavy atom. The largest absolute Gasteiger partial charge is 0.399 e. The number of hydrogen-bond acceptors (Lipinski definition) is 4. The molecule has 26 heavy (non-hydrogen) atoms. The molecule has 2 aromatic carbocycles. The molecule has 130 valence electrons. The van der Waals surface area contributed by atoms with Gasteiger partial charge in [-0.1, -0.05) is 41.9 Å². The van der Waals surface area contributed by atoms with E-state index in [4.69, 9.17) is 22.3 Å². The summed E-state index contributed by atoms with van der Waals surface area (Å²) in [5.41, 5.74) is 11.2. The molecular weight excluding hydrogens is 346 g/mol. The van der Waals surface area contributed by atoms with Gasteiger partial charge in [0.05, 0.1) is 11.9 Å². The maximum atomic E-state index is 6.37. The van der Waals surface area contributed by atoms with Crippen molar-refractivity contribution in [3.63, 3.8) is 0 Å². The SMILES string of the molecule is Cc1cnn2c(NCc3ccc(N)cc3)cc(-c3ccccc3Cl)nc12. The predicted octanol–water partition coefficient (Wildman–Crippen LogP) is 4.55. The summed E-state index contributed by atoms with van der Waals surface area (Å²) < 4.78 is 1.81. The van der Waals surface area contributed by atoms with Crippen LogP contribution in [0.5, 0.6) is 0 Å². The highest BCUT2D eigenvalue weighted by Gasteiger charge is 2.12. The molecule has 0 atom stereocenters. The fourth-order valence-corrected chi connectivity index (χ4v) is 3.07. The Kier molecular flexibility index (Phi) is 4.22. The van der Waals surface area contributed by atoms with Crippen molar-refractivity contribution in [1.82, 2.24) is 14.6 Å². The Balaban J connectivity index is 1.75. The molecule has 3 N–H and O–H groups in total. The van der Waals surface area contributed by atoms with Gasteiger partial charge in [0.25, 0.3) is 0 Å². The molecule has 0 bridgehead atoms. The predicted molar refractivity (Wildman–Crippen MR) is 106 cm³/mol. The fraction of sp³-hybridized carbons (Fsp3) is 0.100. The smallest absolute Gasteiger partial charge is 0.160 e. The van der Waals surface area contributed by atoms with Crippen molar-refractivity contribution in [2.24, 2.45) is 0 Å². The molecule has 0 aliphatic carbocycles. The van der Waals surface area contributed by atoms with E-state index in [1.165, 1.54) is 0 Å². The number of hydrogen-bond donors (Lipinski definition) is 2. The van der Waals surface area contributed by atoms with Gasteiger partial charge in [-0.25, -0.2) is 4.98 Å². The summed E-state index contributed by atoms with van der Waals surface area (Å²) in [4.78, 5) is 4.75. The van der Waals surface area contributed by atoms with Crippen LogP contribution >= 0.6 is 11.6 Å². The van der Waals surface area contributed by atoms with E-state index in [-0.39, 0.29) is 0 Å². The highest BCUT2D eigenvalue weighted by Crippen LogP contribution is 2.29. The van der Waals surface area contributed by atoms with Crippen LogP contribution in [0.25, 0.3) is 16.9 Å². The molecule has 0 saturated heterocycles. The number of rotatable bonds is 4. The number of nitrogens with zero attached hydrogens (tertiary/aromatic N) is 3. The van der Waals surface area contributed by atoms with Gasteiger partial charge in [-0.15, -0.1) is 0 Å². The molecule has 0 spiro atoms. The van der Waals surface area contributed by atoms with E-state index in [0.717, 1.165) is 39.5 Å². The van der Waals surface area contributed by atoms with Gasteiger partial charge in [-0.3, -0.25) is 0 Å². The number of halogens is 1. The Morgan fingerprint density at radius 3 is 2.65 bits per heavy atom. The van der Waals surface area contributed by atoms with Gasteiger partial charge in [-0.05, 0) is 30.7 Å². The van der Waals surface area contributed by atoms with Crippen LogP contribution in [0.2, 0.25) is 5.02 Å². The molecule has 0 aliphatic heterocycles. The average Bonchev–Trinajstić information content (AvgIpc) is 3.02. The van der Waals surface area contributed by atoms with E-state index < -0.39 is 0 Å².